The van der Waals surface area contributed by atoms with E-state index in [1.165, 1.54) is 20.8 Å². The predicted octanol–water partition coefficient (Wildman–Crippen LogP) is -5.96. The molecule has 0 spiro atoms. The molecule has 6 heterocycles. The molecule has 30 heteroatoms. The molecule has 0 bridgehead atoms. The van der Waals surface area contributed by atoms with Crippen LogP contribution in [0.3, 0.4) is 0 Å². The largest absolute Gasteiger partial charge is 1.00 e. The summed E-state index contributed by atoms with van der Waals surface area (Å²) >= 11 is 0. The van der Waals surface area contributed by atoms with Crippen LogP contribution >= 0.6 is 0 Å². The Hall–Kier alpha value is -0.350. The third-order valence-electron chi connectivity index (χ3n) is 21.7. The Kier molecular flexibility index (Phi) is 22.1. The predicted molar refractivity (Wildman–Crippen MR) is 287 cm³/mol. The van der Waals surface area contributed by atoms with E-state index in [0.717, 1.165) is 12.0 Å². The first-order valence-corrected chi connectivity index (χ1v) is 31.9. The van der Waals surface area contributed by atoms with E-state index in [-0.39, 0.29) is 78.3 Å². The minimum Gasteiger partial charge on any atom is -0.726 e. The molecular formula is C57H93NaO28S. The third kappa shape index (κ3) is 13.5. The van der Waals surface area contributed by atoms with Crippen LogP contribution in [0, 0.1) is 46.3 Å². The first-order valence-electron chi connectivity index (χ1n) is 30.5. The topological polar surface area (TPSA) is 434 Å². The van der Waals surface area contributed by atoms with E-state index in [4.69, 9.17) is 56.3 Å². The zero-order valence-electron chi connectivity index (χ0n) is 50.9. The van der Waals surface area contributed by atoms with Crippen molar-refractivity contribution in [3.05, 3.63) is 11.6 Å². The molecule has 496 valence electrons. The van der Waals surface area contributed by atoms with Gasteiger partial charge in [0.25, 0.3) is 0 Å². The van der Waals surface area contributed by atoms with Crippen molar-refractivity contribution >= 4 is 10.4 Å². The van der Waals surface area contributed by atoms with Crippen molar-refractivity contribution in [2.45, 2.75) is 285 Å². The average Bonchev–Trinajstić information content (AvgIpc) is 1.65. The molecule has 87 heavy (non-hydrogen) atoms. The summed E-state index contributed by atoms with van der Waals surface area (Å²) in [5.74, 6) is -0.270. The number of aliphatic hydroxyl groups is 13. The van der Waals surface area contributed by atoms with Crippen molar-refractivity contribution in [1.82, 2.24) is 0 Å². The van der Waals surface area contributed by atoms with Gasteiger partial charge in [-0.25, -0.2) is 8.42 Å². The summed E-state index contributed by atoms with van der Waals surface area (Å²) in [6, 6.07) is 0. The van der Waals surface area contributed by atoms with Crippen LogP contribution in [0.15, 0.2) is 11.6 Å². The van der Waals surface area contributed by atoms with E-state index < -0.39 is 206 Å². The van der Waals surface area contributed by atoms with Gasteiger partial charge in [-0.15, -0.1) is 0 Å². The summed E-state index contributed by atoms with van der Waals surface area (Å²) in [5, 5.41) is 146. The molecule has 0 aromatic rings. The summed E-state index contributed by atoms with van der Waals surface area (Å²) in [6.07, 6.45) is -37.9. The molecule has 9 fully saturated rings. The average molecular weight is 1280 g/mol. The van der Waals surface area contributed by atoms with E-state index in [1.807, 2.05) is 6.92 Å². The number of rotatable bonds is 17. The fraction of sp³-hybridized carbons (Fsp3) is 0.965. The number of ether oxygens (including phenoxy) is 11. The Morgan fingerprint density at radius 3 is 1.79 bits per heavy atom. The fourth-order valence-corrected chi connectivity index (χ4v) is 16.8. The van der Waals surface area contributed by atoms with E-state index in [2.05, 4.69) is 40.7 Å². The van der Waals surface area contributed by atoms with Crippen LogP contribution in [0.25, 0.3) is 0 Å². The number of hydrogen-bond acceptors (Lipinski definition) is 28. The van der Waals surface area contributed by atoms with Gasteiger partial charge in [-0.1, -0.05) is 46.3 Å². The van der Waals surface area contributed by atoms with Gasteiger partial charge in [0.05, 0.1) is 55.4 Å². The molecule has 0 radical (unpaired) electrons. The monoisotopic (exact) mass is 1280 g/mol. The van der Waals surface area contributed by atoms with E-state index in [0.29, 0.717) is 31.6 Å². The molecule has 10 rings (SSSR count). The smallest absolute Gasteiger partial charge is 0.726 e. The van der Waals surface area contributed by atoms with Gasteiger partial charge in [0.2, 0.25) is 10.4 Å². The molecule has 0 aromatic carbocycles. The Balaban J connectivity index is 0.00000902. The Morgan fingerprint density at radius 1 is 0.644 bits per heavy atom. The van der Waals surface area contributed by atoms with Crippen molar-refractivity contribution in [2.24, 2.45) is 46.3 Å². The van der Waals surface area contributed by atoms with Crippen molar-refractivity contribution in [2.75, 3.05) is 13.2 Å². The van der Waals surface area contributed by atoms with E-state index >= 15 is 0 Å². The maximum Gasteiger partial charge on any atom is 1.00 e. The molecule has 6 saturated heterocycles. The van der Waals surface area contributed by atoms with Gasteiger partial charge in [-0.2, -0.15) is 0 Å². The van der Waals surface area contributed by atoms with Gasteiger partial charge in [-0.05, 0) is 119 Å². The standard InChI is InChI=1S/C57H94O28S.Na/c1-20(2)21(3)44-49(80-44)57(9,70)33-11-10-27-26-17-31(29-16-25(85-86(71,72)73)12-14-55(29,7)28(26)13-15-56(27,33)8)78-52-43(69)46(37(63)32(18-58)79-52)82-54-48(84-51-41(67)39(65)35(61)23(5)76-51)42(68)45(24(6)77-54)81-53-47(36(62)30(59)19-74-53)83-50-40(66)38(64)34(60)22(4)75-50;/h13,20-27,29-54,58-70H,10-12,14-19H2,1-9H3,(H,71,72,73);/q;+1/p-1/t21-,22?,23?,24?,25-,26?,27?,29?,30-,31-,32?,33-,34-,35+,36?,37+,38?,39?,40?,41?,42?,43?,44-,45+,46?,47?,48?,49+,50-,51-,52+,53-,54-,55+,56-,57+;/m0./s1. The van der Waals surface area contributed by atoms with E-state index in [9.17, 15) is 79.4 Å². The fourth-order valence-electron chi connectivity index (χ4n) is 16.3. The number of epoxide rings is 1. The molecule has 6 aliphatic heterocycles. The zero-order valence-corrected chi connectivity index (χ0v) is 53.7. The van der Waals surface area contributed by atoms with Crippen LogP contribution in [-0.4, -0.2) is 270 Å². The van der Waals surface area contributed by atoms with Crippen LogP contribution in [0.4, 0.5) is 0 Å². The van der Waals surface area contributed by atoms with Crippen LogP contribution in [-0.2, 0) is 66.7 Å². The summed E-state index contributed by atoms with van der Waals surface area (Å²) in [6.45, 7) is 15.3. The van der Waals surface area contributed by atoms with Gasteiger partial charge < -0.3 is 123 Å². The summed E-state index contributed by atoms with van der Waals surface area (Å²) in [7, 11) is -5.14. The number of fused-ring (bicyclic) bond motifs is 5. The molecule has 4 aliphatic carbocycles. The zero-order chi connectivity index (χ0) is 62.8. The number of aliphatic hydroxyl groups excluding tert-OH is 12. The number of hydrogen-bond donors (Lipinski definition) is 13. The molecule has 13 N–H and O–H groups in total. The molecule has 10 aliphatic rings. The quantitative estimate of drug-likeness (QED) is 0.0212. The normalized spacial score (nSPS) is 53.0. The molecule has 28 nitrogen and oxygen atoms in total. The Bertz CT molecular complexity index is 2470. The second-order valence-electron chi connectivity index (χ2n) is 27.3. The van der Waals surface area contributed by atoms with Gasteiger partial charge in [0.15, 0.2) is 31.5 Å². The first-order chi connectivity index (χ1) is 40.2. The van der Waals surface area contributed by atoms with Crippen molar-refractivity contribution in [3.63, 3.8) is 0 Å². The molecule has 0 amide bonds. The molecule has 36 atom stereocenters. The minimum absolute atomic E-state index is 0. The maximum atomic E-state index is 12.5. The summed E-state index contributed by atoms with van der Waals surface area (Å²) in [5.41, 5.74) is -1.09. The molecule has 3 saturated carbocycles. The number of allylic oxidation sites excluding steroid dienone is 2. The van der Waals surface area contributed by atoms with Gasteiger partial charge >= 0.3 is 29.6 Å². The SMILES string of the molecule is CC1O[C@@H](OC2C(O)[C@H](O[C@@H]3OC[C@H](O)C(O)C3O[C@@H]3OC(C)[C@H](O)C(O)C3O)C(C)O[C@H]2OC2C(O)[C@H](O[C@H]3CC4C(=CC[C@@]5(C)C4CC[C@@H]5[C@@](C)(O)[C@@H]4O[C@H]4[C@@H](C)C(C)C)[C@@]4(C)CC[C@H](OS(=O)(=O)[O-])CC34)OC(CO)[C@H]2O)C(O)C(O)[C@@H]1O.[Na+]. The van der Waals surface area contributed by atoms with Gasteiger partial charge in [-0.3, -0.25) is 4.18 Å². The first kappa shape index (κ1) is 71.0. The Labute approximate surface area is 528 Å². The minimum atomic E-state index is -5.14. The van der Waals surface area contributed by atoms with Crippen LogP contribution < -0.4 is 29.6 Å². The third-order valence-corrected chi connectivity index (χ3v) is 22.2. The molecule has 0 aromatic heterocycles. The Morgan fingerprint density at radius 2 is 1.21 bits per heavy atom. The van der Waals surface area contributed by atoms with Crippen molar-refractivity contribution in [1.29, 1.82) is 0 Å². The van der Waals surface area contributed by atoms with Crippen LogP contribution in [0.1, 0.15) is 107 Å². The van der Waals surface area contributed by atoms with Gasteiger partial charge in [0.1, 0.15) is 104 Å². The van der Waals surface area contributed by atoms with E-state index in [1.54, 1.807) is 0 Å². The van der Waals surface area contributed by atoms with Crippen LogP contribution in [0.5, 0.6) is 0 Å². The molecular weight excluding hydrogens is 1190 g/mol. The van der Waals surface area contributed by atoms with Crippen molar-refractivity contribution in [3.8, 4) is 0 Å². The summed E-state index contributed by atoms with van der Waals surface area (Å²) in [4.78, 5) is 0. The van der Waals surface area contributed by atoms with Gasteiger partial charge in [0, 0.05) is 0 Å². The van der Waals surface area contributed by atoms with Crippen LogP contribution in [0.2, 0.25) is 0 Å². The second kappa shape index (κ2) is 27.0. The second-order valence-corrected chi connectivity index (χ2v) is 28.3. The summed E-state index contributed by atoms with van der Waals surface area (Å²) < 4.78 is 109. The maximum absolute atomic E-state index is 12.5. The van der Waals surface area contributed by atoms with Crippen molar-refractivity contribution < 1.29 is 165 Å². The molecule has 17 unspecified atom stereocenters.